The Balaban J connectivity index is 1.27. The number of amides is 1. The molecule has 2 N–H and O–H groups in total. The molecule has 2 aliphatic heterocycles. The van der Waals surface area contributed by atoms with Crippen molar-refractivity contribution in [3.05, 3.63) is 53.0 Å². The predicted octanol–water partition coefficient (Wildman–Crippen LogP) is 3.40. The van der Waals surface area contributed by atoms with E-state index in [-0.39, 0.29) is 23.7 Å². The van der Waals surface area contributed by atoms with Gasteiger partial charge < -0.3 is 24.3 Å². The molecule has 190 valence electrons. The van der Waals surface area contributed by atoms with Crippen molar-refractivity contribution >= 4 is 12.0 Å². The second-order valence-corrected chi connectivity index (χ2v) is 11.6. The molecule has 3 aliphatic carbocycles. The Bertz CT molecular complexity index is 1260. The van der Waals surface area contributed by atoms with Gasteiger partial charge in [-0.25, -0.2) is 0 Å². The van der Waals surface area contributed by atoms with Crippen molar-refractivity contribution in [1.82, 2.24) is 9.80 Å². The van der Waals surface area contributed by atoms with Crippen LogP contribution in [0.5, 0.6) is 11.5 Å². The lowest BCUT2D eigenvalue weighted by Gasteiger charge is -2.64. The summed E-state index contributed by atoms with van der Waals surface area (Å²) in [5.74, 6) is 2.06. The zero-order valence-electron chi connectivity index (χ0n) is 20.9. The number of phenolic OH excluding ortho intramolecular Hbond substituents is 1. The second-order valence-electron chi connectivity index (χ2n) is 11.6. The Morgan fingerprint density at radius 1 is 1.25 bits per heavy atom. The highest BCUT2D eigenvalue weighted by Crippen LogP contribution is 2.66. The van der Waals surface area contributed by atoms with Crippen molar-refractivity contribution in [1.29, 1.82) is 0 Å². The zero-order chi connectivity index (χ0) is 24.8. The minimum absolute atomic E-state index is 0.0341. The van der Waals surface area contributed by atoms with Gasteiger partial charge in [0.05, 0.1) is 23.3 Å². The summed E-state index contributed by atoms with van der Waals surface area (Å²) in [5.41, 5.74) is 1.48. The molecule has 7 heteroatoms. The van der Waals surface area contributed by atoms with E-state index >= 15 is 0 Å². The second kappa shape index (κ2) is 7.62. The number of phenols is 1. The minimum atomic E-state index is -0.943. The summed E-state index contributed by atoms with van der Waals surface area (Å²) in [6.07, 6.45) is 9.97. The first kappa shape index (κ1) is 22.4. The number of rotatable bonds is 5. The summed E-state index contributed by atoms with van der Waals surface area (Å²) < 4.78 is 11.9. The molecule has 2 bridgehead atoms. The Hall–Kier alpha value is -2.77. The quantitative estimate of drug-likeness (QED) is 0.625. The molecule has 2 saturated carbocycles. The Morgan fingerprint density at radius 3 is 2.83 bits per heavy atom. The van der Waals surface area contributed by atoms with Crippen molar-refractivity contribution in [2.45, 2.75) is 74.7 Å². The molecule has 1 saturated heterocycles. The summed E-state index contributed by atoms with van der Waals surface area (Å²) in [5, 5.41) is 23.4. The molecule has 1 aromatic heterocycles. The first-order valence-corrected chi connectivity index (χ1v) is 13.3. The average Bonchev–Trinajstić information content (AvgIpc) is 3.47. The van der Waals surface area contributed by atoms with Gasteiger partial charge in [0.25, 0.3) is 0 Å². The SMILES string of the molecule is Cc1occc1/C=C/C(=O)N(C)[C@H]1CC[C@@]2(O)[C@H]3Cc4ccc(O)c5c4[C@@]2(CCN3CC2CC2)[C@H]1O5. The summed E-state index contributed by atoms with van der Waals surface area (Å²) >= 11 is 0. The summed E-state index contributed by atoms with van der Waals surface area (Å²) in [6.45, 7) is 3.83. The number of aromatic hydroxyl groups is 1. The third kappa shape index (κ3) is 2.90. The number of aliphatic hydroxyl groups is 1. The topological polar surface area (TPSA) is 86.4 Å². The van der Waals surface area contributed by atoms with Crippen molar-refractivity contribution in [2.75, 3.05) is 20.1 Å². The van der Waals surface area contributed by atoms with Crippen LogP contribution < -0.4 is 4.74 Å². The van der Waals surface area contributed by atoms with Crippen LogP contribution in [0.15, 0.2) is 35.0 Å². The molecule has 1 spiro atoms. The number of carbonyl (C=O) groups excluding carboxylic acids is 1. The summed E-state index contributed by atoms with van der Waals surface area (Å²) in [7, 11) is 1.83. The number of ether oxygens (including phenoxy) is 1. The molecule has 36 heavy (non-hydrogen) atoms. The van der Waals surface area contributed by atoms with Gasteiger partial charge in [0.2, 0.25) is 5.91 Å². The number of carbonyl (C=O) groups is 1. The number of nitrogens with zero attached hydrogens (tertiary/aromatic N) is 2. The van der Waals surface area contributed by atoms with Crippen LogP contribution in [0.2, 0.25) is 0 Å². The third-order valence-corrected chi connectivity index (χ3v) is 9.88. The molecule has 5 atom stereocenters. The van der Waals surface area contributed by atoms with Crippen LogP contribution >= 0.6 is 0 Å². The van der Waals surface area contributed by atoms with Crippen molar-refractivity contribution in [3.63, 3.8) is 0 Å². The Morgan fingerprint density at radius 2 is 2.08 bits per heavy atom. The van der Waals surface area contributed by atoms with Gasteiger partial charge in [-0.2, -0.15) is 0 Å². The number of benzene rings is 1. The monoisotopic (exact) mass is 490 g/mol. The van der Waals surface area contributed by atoms with Crippen LogP contribution in [0, 0.1) is 12.8 Å². The molecule has 0 unspecified atom stereocenters. The molecule has 3 heterocycles. The summed E-state index contributed by atoms with van der Waals surface area (Å²) in [4.78, 5) is 17.6. The largest absolute Gasteiger partial charge is 0.504 e. The summed E-state index contributed by atoms with van der Waals surface area (Å²) in [6, 6.07) is 5.42. The maximum absolute atomic E-state index is 13.3. The van der Waals surface area contributed by atoms with Gasteiger partial charge in [0.1, 0.15) is 11.9 Å². The molecule has 7 nitrogen and oxygen atoms in total. The Labute approximate surface area is 211 Å². The predicted molar refractivity (Wildman–Crippen MR) is 134 cm³/mol. The maximum Gasteiger partial charge on any atom is 0.246 e. The van der Waals surface area contributed by atoms with E-state index in [9.17, 15) is 15.0 Å². The third-order valence-electron chi connectivity index (χ3n) is 9.88. The highest BCUT2D eigenvalue weighted by Gasteiger charge is 2.73. The molecule has 0 radical (unpaired) electrons. The first-order chi connectivity index (χ1) is 17.3. The standard InChI is InChI=1S/C29H34N2O5/c1-17-19(10-14-35-17)6-8-24(33)30(2)21-9-11-29(34)23-15-20-5-7-22(32)26-25(20)28(29,27(21)36-26)12-13-31(23)16-18-3-4-18/h5-8,10,14,18,21,23,27,32,34H,3-4,9,11-13,15-16H2,1-2H3/b8-6+/t21-,23+,27-,28-,29+/m0/s1. The fourth-order valence-electron chi connectivity index (χ4n) is 7.86. The van der Waals surface area contributed by atoms with Gasteiger partial charge >= 0.3 is 0 Å². The smallest absolute Gasteiger partial charge is 0.246 e. The molecular formula is C29H34N2O5. The van der Waals surface area contributed by atoms with E-state index in [0.717, 1.165) is 48.7 Å². The van der Waals surface area contributed by atoms with Gasteiger partial charge in [0, 0.05) is 36.8 Å². The van der Waals surface area contributed by atoms with E-state index < -0.39 is 17.1 Å². The van der Waals surface area contributed by atoms with Crippen molar-refractivity contribution in [3.8, 4) is 11.5 Å². The number of hydrogen-bond donors (Lipinski definition) is 2. The average molecular weight is 491 g/mol. The Kier molecular flexibility index (Phi) is 4.75. The molecule has 2 aromatic rings. The van der Waals surface area contributed by atoms with Crippen molar-refractivity contribution in [2.24, 2.45) is 5.92 Å². The van der Waals surface area contributed by atoms with Gasteiger partial charge in [0.15, 0.2) is 11.5 Å². The van der Waals surface area contributed by atoms with E-state index in [4.69, 9.17) is 9.15 Å². The van der Waals surface area contributed by atoms with Gasteiger partial charge in [-0.05, 0) is 81.7 Å². The highest BCUT2D eigenvalue weighted by atomic mass is 16.5. The van der Waals surface area contributed by atoms with E-state index in [0.29, 0.717) is 18.6 Å². The fraction of sp³-hybridized carbons (Fsp3) is 0.552. The molecule has 7 rings (SSSR count). The van der Waals surface area contributed by atoms with Crippen LogP contribution in [0.4, 0.5) is 0 Å². The van der Waals surface area contributed by atoms with Crippen LogP contribution in [0.25, 0.3) is 6.08 Å². The van der Waals surface area contributed by atoms with E-state index in [1.54, 1.807) is 29.4 Å². The van der Waals surface area contributed by atoms with E-state index in [1.165, 1.54) is 18.4 Å². The maximum atomic E-state index is 13.3. The van der Waals surface area contributed by atoms with E-state index in [2.05, 4.69) is 4.90 Å². The lowest BCUT2D eigenvalue weighted by Crippen LogP contribution is -2.78. The van der Waals surface area contributed by atoms with Crippen LogP contribution in [0.1, 0.15) is 54.6 Å². The number of likely N-dealkylation sites (N-methyl/N-ethyl adjacent to an activating group) is 1. The van der Waals surface area contributed by atoms with Gasteiger partial charge in [-0.3, -0.25) is 9.69 Å². The van der Waals surface area contributed by atoms with Crippen molar-refractivity contribution < 1.29 is 24.2 Å². The normalized spacial score (nSPS) is 34.5. The van der Waals surface area contributed by atoms with Crippen LogP contribution in [0.3, 0.4) is 0 Å². The molecule has 3 fully saturated rings. The molecule has 1 amide bonds. The highest BCUT2D eigenvalue weighted by molar-refractivity contribution is 5.92. The van der Waals surface area contributed by atoms with E-state index in [1.807, 2.05) is 26.1 Å². The lowest BCUT2D eigenvalue weighted by atomic mass is 9.48. The number of likely N-dealkylation sites (tertiary alicyclic amines) is 1. The number of piperidine rings is 1. The first-order valence-electron chi connectivity index (χ1n) is 13.3. The lowest BCUT2D eigenvalue weighted by molar-refractivity contribution is -0.200. The number of aryl methyl sites for hydroxylation is 1. The zero-order valence-corrected chi connectivity index (χ0v) is 20.9. The number of hydrogen-bond acceptors (Lipinski definition) is 6. The molecular weight excluding hydrogens is 456 g/mol. The van der Waals surface area contributed by atoms with Gasteiger partial charge in [-0.1, -0.05) is 6.07 Å². The van der Waals surface area contributed by atoms with Gasteiger partial charge in [-0.15, -0.1) is 0 Å². The van der Waals surface area contributed by atoms with Crippen LogP contribution in [-0.4, -0.2) is 69.8 Å². The molecule has 5 aliphatic rings. The van der Waals surface area contributed by atoms with Crippen LogP contribution in [-0.2, 0) is 16.6 Å². The minimum Gasteiger partial charge on any atom is -0.504 e. The fourth-order valence-corrected chi connectivity index (χ4v) is 7.86. The molecule has 1 aromatic carbocycles. The number of furan rings is 1.